The van der Waals surface area contributed by atoms with Gasteiger partial charge in [-0.2, -0.15) is 5.10 Å². The third-order valence-corrected chi connectivity index (χ3v) is 3.89. The summed E-state index contributed by atoms with van der Waals surface area (Å²) in [6, 6.07) is 9.76. The van der Waals surface area contributed by atoms with Gasteiger partial charge in [0, 0.05) is 15.6 Å². The lowest BCUT2D eigenvalue weighted by Gasteiger charge is -2.21. The van der Waals surface area contributed by atoms with Crippen LogP contribution in [-0.2, 0) is 5.41 Å². The van der Waals surface area contributed by atoms with Crippen LogP contribution in [0.3, 0.4) is 0 Å². The summed E-state index contributed by atoms with van der Waals surface area (Å²) in [7, 11) is 0. The molecule has 2 rings (SSSR count). The molecule has 3 N–H and O–H groups in total. The van der Waals surface area contributed by atoms with Crippen molar-refractivity contribution in [3.63, 3.8) is 0 Å². The van der Waals surface area contributed by atoms with Gasteiger partial charge in [0.05, 0.1) is 11.8 Å². The van der Waals surface area contributed by atoms with Gasteiger partial charge in [0.25, 0.3) is 5.91 Å². The number of hydrazone groups is 1. The maximum absolute atomic E-state index is 12.0. The fourth-order valence-corrected chi connectivity index (χ4v) is 2.65. The van der Waals surface area contributed by atoms with E-state index in [1.54, 1.807) is 18.2 Å². The van der Waals surface area contributed by atoms with E-state index in [2.05, 4.69) is 26.5 Å². The van der Waals surface area contributed by atoms with E-state index in [0.29, 0.717) is 5.56 Å². The molecule has 6 heteroatoms. The summed E-state index contributed by atoms with van der Waals surface area (Å²) in [6.07, 6.45) is 1.37. The van der Waals surface area contributed by atoms with E-state index in [4.69, 9.17) is 0 Å². The van der Waals surface area contributed by atoms with Crippen molar-refractivity contribution in [3.05, 3.63) is 57.6 Å². The molecule has 0 spiro atoms. The quantitative estimate of drug-likeness (QED) is 0.548. The Balaban J connectivity index is 2.23. The first-order chi connectivity index (χ1) is 11.2. The number of carbonyl (C=O) groups excluding carboxylic acids is 1. The molecule has 126 valence electrons. The Morgan fingerprint density at radius 2 is 1.88 bits per heavy atom. The molecular weight excluding hydrogens is 372 g/mol. The first-order valence-corrected chi connectivity index (χ1v) is 8.14. The smallest absolute Gasteiger partial charge is 0.275 e. The number of phenols is 2. The summed E-state index contributed by atoms with van der Waals surface area (Å²) >= 11 is 3.41. The average molecular weight is 391 g/mol. The molecule has 0 saturated heterocycles. The maximum atomic E-state index is 12.0. The average Bonchev–Trinajstić information content (AvgIpc) is 2.49. The molecule has 0 heterocycles. The first-order valence-electron chi connectivity index (χ1n) is 7.34. The van der Waals surface area contributed by atoms with E-state index < -0.39 is 5.91 Å². The number of halogens is 1. The second kappa shape index (κ2) is 7.05. The van der Waals surface area contributed by atoms with E-state index in [-0.39, 0.29) is 22.5 Å². The van der Waals surface area contributed by atoms with Crippen LogP contribution in [0.2, 0.25) is 0 Å². The second-order valence-corrected chi connectivity index (χ2v) is 7.27. The molecule has 0 atom stereocenters. The summed E-state index contributed by atoms with van der Waals surface area (Å²) in [5, 5.41) is 23.9. The number of nitrogens with one attached hydrogen (secondary N) is 1. The highest BCUT2D eigenvalue weighted by Crippen LogP contribution is 2.35. The third kappa shape index (κ3) is 4.14. The summed E-state index contributed by atoms with van der Waals surface area (Å²) in [5.41, 5.74) is 3.47. The van der Waals surface area contributed by atoms with Crippen molar-refractivity contribution in [3.8, 4) is 11.5 Å². The zero-order valence-electron chi connectivity index (χ0n) is 13.7. The SMILES string of the molecule is CC(C)(C)c1cc(Br)cc(/C=N/NC(=O)c2ccccc2O)c1O. The van der Waals surface area contributed by atoms with Crippen LogP contribution in [0.25, 0.3) is 0 Å². The highest BCUT2D eigenvalue weighted by molar-refractivity contribution is 9.10. The van der Waals surface area contributed by atoms with Crippen molar-refractivity contribution in [1.82, 2.24) is 5.43 Å². The molecule has 0 fully saturated rings. The highest BCUT2D eigenvalue weighted by atomic mass is 79.9. The molecule has 1 amide bonds. The molecule has 24 heavy (non-hydrogen) atoms. The van der Waals surface area contributed by atoms with Crippen LogP contribution < -0.4 is 5.43 Å². The predicted octanol–water partition coefficient (Wildman–Crippen LogP) is 3.92. The van der Waals surface area contributed by atoms with Crippen LogP contribution in [0.15, 0.2) is 46.0 Å². The van der Waals surface area contributed by atoms with Crippen molar-refractivity contribution >= 4 is 28.1 Å². The molecule has 0 aliphatic rings. The number of benzene rings is 2. The van der Waals surface area contributed by atoms with E-state index >= 15 is 0 Å². The fraction of sp³-hybridized carbons (Fsp3) is 0.222. The minimum absolute atomic E-state index is 0.117. The number of phenolic OH excluding ortho intramolecular Hbond substituents is 2. The van der Waals surface area contributed by atoms with Gasteiger partial charge >= 0.3 is 0 Å². The van der Waals surface area contributed by atoms with E-state index in [1.165, 1.54) is 18.3 Å². The van der Waals surface area contributed by atoms with Gasteiger partial charge in [-0.3, -0.25) is 4.79 Å². The molecule has 0 aromatic heterocycles. The standard InChI is InChI=1S/C18H19BrN2O3/c1-18(2,3)14-9-12(19)8-11(16(14)23)10-20-21-17(24)13-6-4-5-7-15(13)22/h4-10,22-23H,1-3H3,(H,21,24)/b20-10+. The summed E-state index contributed by atoms with van der Waals surface area (Å²) < 4.78 is 0.804. The molecule has 2 aromatic rings. The van der Waals surface area contributed by atoms with Gasteiger partial charge in [-0.05, 0) is 29.7 Å². The zero-order chi connectivity index (χ0) is 17.9. The fourth-order valence-electron chi connectivity index (χ4n) is 2.18. The minimum atomic E-state index is -0.533. The van der Waals surface area contributed by atoms with Crippen LogP contribution in [-0.4, -0.2) is 22.3 Å². The first kappa shape index (κ1) is 18.0. The molecule has 0 unspecified atom stereocenters. The summed E-state index contributed by atoms with van der Waals surface area (Å²) in [5.74, 6) is -0.535. The minimum Gasteiger partial charge on any atom is -0.507 e. The topological polar surface area (TPSA) is 81.9 Å². The molecule has 2 aromatic carbocycles. The van der Waals surface area contributed by atoms with Gasteiger partial charge in [-0.1, -0.05) is 48.8 Å². The summed E-state index contributed by atoms with van der Waals surface area (Å²) in [4.78, 5) is 12.0. The molecule has 0 saturated carbocycles. The Kier molecular flexibility index (Phi) is 5.29. The number of hydrogen-bond acceptors (Lipinski definition) is 4. The lowest BCUT2D eigenvalue weighted by molar-refractivity contribution is 0.0952. The van der Waals surface area contributed by atoms with Gasteiger partial charge in [0.15, 0.2) is 0 Å². The van der Waals surface area contributed by atoms with E-state index in [1.807, 2.05) is 26.8 Å². The van der Waals surface area contributed by atoms with Crippen molar-refractivity contribution in [2.75, 3.05) is 0 Å². The van der Waals surface area contributed by atoms with Gasteiger partial charge in [0.1, 0.15) is 11.5 Å². The van der Waals surface area contributed by atoms with E-state index in [0.717, 1.165) is 10.0 Å². The third-order valence-electron chi connectivity index (χ3n) is 3.43. The van der Waals surface area contributed by atoms with Gasteiger partial charge in [-0.25, -0.2) is 5.43 Å². The Morgan fingerprint density at radius 3 is 2.50 bits per heavy atom. The van der Waals surface area contributed by atoms with Crippen LogP contribution in [0, 0.1) is 0 Å². The largest absolute Gasteiger partial charge is 0.507 e. The molecule has 5 nitrogen and oxygen atoms in total. The maximum Gasteiger partial charge on any atom is 0.275 e. The van der Waals surface area contributed by atoms with Crippen molar-refractivity contribution < 1.29 is 15.0 Å². The number of aromatic hydroxyl groups is 2. The van der Waals surface area contributed by atoms with Gasteiger partial charge < -0.3 is 10.2 Å². The van der Waals surface area contributed by atoms with Crippen molar-refractivity contribution in [1.29, 1.82) is 0 Å². The lowest BCUT2D eigenvalue weighted by atomic mass is 9.85. The number of nitrogens with zero attached hydrogens (tertiary/aromatic N) is 1. The molecule has 0 radical (unpaired) electrons. The second-order valence-electron chi connectivity index (χ2n) is 6.36. The van der Waals surface area contributed by atoms with Crippen molar-refractivity contribution in [2.45, 2.75) is 26.2 Å². The molecular formula is C18H19BrN2O3. The number of rotatable bonds is 3. The zero-order valence-corrected chi connectivity index (χ0v) is 15.3. The predicted molar refractivity (Wildman–Crippen MR) is 97.7 cm³/mol. The Morgan fingerprint density at radius 1 is 1.21 bits per heavy atom. The summed E-state index contributed by atoms with van der Waals surface area (Å²) in [6.45, 7) is 5.99. The number of hydrogen-bond donors (Lipinski definition) is 3. The van der Waals surface area contributed by atoms with Crippen LogP contribution in [0.4, 0.5) is 0 Å². The van der Waals surface area contributed by atoms with Gasteiger partial charge in [0.2, 0.25) is 0 Å². The van der Waals surface area contributed by atoms with Crippen LogP contribution >= 0.6 is 15.9 Å². The number of amides is 1. The molecule has 0 aliphatic carbocycles. The monoisotopic (exact) mass is 390 g/mol. The number of para-hydroxylation sites is 1. The molecule has 0 aliphatic heterocycles. The highest BCUT2D eigenvalue weighted by Gasteiger charge is 2.20. The van der Waals surface area contributed by atoms with E-state index in [9.17, 15) is 15.0 Å². The normalized spacial score (nSPS) is 11.7. The van der Waals surface area contributed by atoms with Crippen LogP contribution in [0.5, 0.6) is 11.5 Å². The Bertz CT molecular complexity index is 795. The Labute approximate surface area is 149 Å². The van der Waals surface area contributed by atoms with Crippen molar-refractivity contribution in [2.24, 2.45) is 5.10 Å². The lowest BCUT2D eigenvalue weighted by Crippen LogP contribution is -2.18. The molecule has 0 bridgehead atoms. The van der Waals surface area contributed by atoms with Gasteiger partial charge in [-0.15, -0.1) is 0 Å². The Hall–Kier alpha value is -2.34. The number of carbonyl (C=O) groups is 1. The van der Waals surface area contributed by atoms with Crippen LogP contribution in [0.1, 0.15) is 42.3 Å².